The van der Waals surface area contributed by atoms with Gasteiger partial charge in [-0.15, -0.1) is 0 Å². The van der Waals surface area contributed by atoms with Crippen LogP contribution in [0.1, 0.15) is 12.0 Å². The summed E-state index contributed by atoms with van der Waals surface area (Å²) < 4.78 is 42.2. The average molecular weight is 304 g/mol. The molecule has 0 heterocycles. The molecule has 0 spiro atoms. The van der Waals surface area contributed by atoms with Gasteiger partial charge in [-0.05, 0) is 24.1 Å². The molecule has 21 heavy (non-hydrogen) atoms. The number of nitrogens with zero attached hydrogens (tertiary/aromatic N) is 1. The molecule has 0 radical (unpaired) electrons. The highest BCUT2D eigenvalue weighted by Gasteiger charge is 2.32. The first-order valence-corrected chi connectivity index (χ1v) is 6.53. The number of hydrogen-bond donors (Lipinski definition) is 1. The van der Waals surface area contributed by atoms with Crippen LogP contribution in [-0.2, 0) is 11.2 Å². The maximum absolute atomic E-state index is 12.4. The number of hydrogen-bond acceptors (Lipinski definition) is 3. The SMILES string of the molecule is COc1ccc(CCC(=O)N(CCN)CC(F)(F)F)cc1. The molecule has 1 aromatic rings. The molecule has 1 amide bonds. The van der Waals surface area contributed by atoms with Crippen molar-refractivity contribution in [2.24, 2.45) is 5.73 Å². The molecule has 0 saturated heterocycles. The normalized spacial score (nSPS) is 11.3. The molecule has 0 atom stereocenters. The molecule has 118 valence electrons. The van der Waals surface area contributed by atoms with Crippen molar-refractivity contribution >= 4 is 5.91 Å². The first kappa shape index (κ1) is 17.3. The molecule has 0 aromatic heterocycles. The molecule has 2 N–H and O–H groups in total. The third-order valence-electron chi connectivity index (χ3n) is 2.91. The number of methoxy groups -OCH3 is 1. The minimum atomic E-state index is -4.41. The van der Waals surface area contributed by atoms with Crippen LogP contribution in [0.25, 0.3) is 0 Å². The number of alkyl halides is 3. The zero-order valence-corrected chi connectivity index (χ0v) is 11.8. The van der Waals surface area contributed by atoms with Crippen LogP contribution in [0.2, 0.25) is 0 Å². The predicted octanol–water partition coefficient (Wildman–Crippen LogP) is 1.98. The Morgan fingerprint density at radius 1 is 1.29 bits per heavy atom. The second-order valence-corrected chi connectivity index (χ2v) is 4.57. The minimum Gasteiger partial charge on any atom is -0.497 e. The van der Waals surface area contributed by atoms with Crippen LogP contribution < -0.4 is 10.5 Å². The Hall–Kier alpha value is -1.76. The lowest BCUT2D eigenvalue weighted by molar-refractivity contribution is -0.160. The van der Waals surface area contributed by atoms with Gasteiger partial charge in [0.2, 0.25) is 5.91 Å². The van der Waals surface area contributed by atoms with E-state index in [9.17, 15) is 18.0 Å². The summed E-state index contributed by atoms with van der Waals surface area (Å²) in [5, 5.41) is 0. The van der Waals surface area contributed by atoms with Crippen molar-refractivity contribution in [1.82, 2.24) is 4.90 Å². The van der Waals surface area contributed by atoms with Gasteiger partial charge < -0.3 is 15.4 Å². The molecule has 0 fully saturated rings. The van der Waals surface area contributed by atoms with Crippen molar-refractivity contribution in [3.63, 3.8) is 0 Å². The molecule has 0 bridgehead atoms. The van der Waals surface area contributed by atoms with Crippen molar-refractivity contribution in [1.29, 1.82) is 0 Å². The van der Waals surface area contributed by atoms with E-state index in [1.54, 1.807) is 31.4 Å². The molecule has 4 nitrogen and oxygen atoms in total. The highest BCUT2D eigenvalue weighted by atomic mass is 19.4. The summed E-state index contributed by atoms with van der Waals surface area (Å²) in [6.45, 7) is -1.35. The quantitative estimate of drug-likeness (QED) is 0.838. The number of ether oxygens (including phenoxy) is 1. The Bertz CT molecular complexity index is 447. The number of halogens is 3. The smallest absolute Gasteiger partial charge is 0.406 e. The van der Waals surface area contributed by atoms with Crippen LogP contribution in [0.15, 0.2) is 24.3 Å². The second kappa shape index (κ2) is 7.87. The third kappa shape index (κ3) is 6.48. The fourth-order valence-electron chi connectivity index (χ4n) is 1.87. The maximum atomic E-state index is 12.4. The Labute approximate surface area is 121 Å². The number of nitrogens with two attached hydrogens (primary N) is 1. The number of amides is 1. The topological polar surface area (TPSA) is 55.6 Å². The van der Waals surface area contributed by atoms with Gasteiger partial charge in [-0.25, -0.2) is 0 Å². The first-order valence-electron chi connectivity index (χ1n) is 6.53. The van der Waals surface area contributed by atoms with E-state index in [1.165, 1.54) is 0 Å². The zero-order chi connectivity index (χ0) is 15.9. The van der Waals surface area contributed by atoms with E-state index in [0.717, 1.165) is 10.5 Å². The highest BCUT2D eigenvalue weighted by Crippen LogP contribution is 2.18. The fraction of sp³-hybridized carbons (Fsp3) is 0.500. The minimum absolute atomic E-state index is 0.00432. The lowest BCUT2D eigenvalue weighted by atomic mass is 10.1. The summed E-state index contributed by atoms with van der Waals surface area (Å²) in [4.78, 5) is 12.6. The van der Waals surface area contributed by atoms with Gasteiger partial charge in [0.05, 0.1) is 7.11 Å². The van der Waals surface area contributed by atoms with E-state index in [1.807, 2.05) is 0 Å². The monoisotopic (exact) mass is 304 g/mol. The lowest BCUT2D eigenvalue weighted by Crippen LogP contribution is -2.41. The van der Waals surface area contributed by atoms with Crippen LogP contribution in [-0.4, -0.2) is 43.7 Å². The summed E-state index contributed by atoms with van der Waals surface area (Å²) >= 11 is 0. The van der Waals surface area contributed by atoms with Gasteiger partial charge in [0.15, 0.2) is 0 Å². The van der Waals surface area contributed by atoms with Gasteiger partial charge in [-0.3, -0.25) is 4.79 Å². The van der Waals surface area contributed by atoms with Gasteiger partial charge in [-0.1, -0.05) is 12.1 Å². The molecule has 0 aliphatic rings. The van der Waals surface area contributed by atoms with Crippen LogP contribution in [0.5, 0.6) is 5.75 Å². The Morgan fingerprint density at radius 3 is 2.38 bits per heavy atom. The molecule has 0 aliphatic carbocycles. The molecular weight excluding hydrogens is 285 g/mol. The van der Waals surface area contributed by atoms with Crippen molar-refractivity contribution in [2.45, 2.75) is 19.0 Å². The fourth-order valence-corrected chi connectivity index (χ4v) is 1.87. The Morgan fingerprint density at radius 2 is 1.90 bits per heavy atom. The summed E-state index contributed by atoms with van der Waals surface area (Å²) in [6, 6.07) is 7.05. The number of carbonyl (C=O) groups excluding carboxylic acids is 1. The van der Waals surface area contributed by atoms with Crippen molar-refractivity contribution < 1.29 is 22.7 Å². The van der Waals surface area contributed by atoms with Crippen molar-refractivity contribution in [3.05, 3.63) is 29.8 Å². The summed E-state index contributed by atoms with van der Waals surface area (Å²) in [6.07, 6.45) is -4.02. The van der Waals surface area contributed by atoms with Crippen LogP contribution in [0.4, 0.5) is 13.2 Å². The third-order valence-corrected chi connectivity index (χ3v) is 2.91. The van der Waals surface area contributed by atoms with Crippen LogP contribution >= 0.6 is 0 Å². The molecule has 1 aromatic carbocycles. The molecule has 0 aliphatic heterocycles. The van der Waals surface area contributed by atoms with Crippen LogP contribution in [0, 0.1) is 0 Å². The maximum Gasteiger partial charge on any atom is 0.406 e. The number of carbonyl (C=O) groups is 1. The summed E-state index contributed by atoms with van der Waals surface area (Å²) in [5.41, 5.74) is 6.11. The Kier molecular flexibility index (Phi) is 6.48. The van der Waals surface area contributed by atoms with Crippen LogP contribution in [0.3, 0.4) is 0 Å². The molecule has 1 rings (SSSR count). The van der Waals surface area contributed by atoms with E-state index in [2.05, 4.69) is 0 Å². The second-order valence-electron chi connectivity index (χ2n) is 4.57. The van der Waals surface area contributed by atoms with Gasteiger partial charge in [0.25, 0.3) is 0 Å². The van der Waals surface area contributed by atoms with E-state index in [0.29, 0.717) is 12.2 Å². The van der Waals surface area contributed by atoms with Gasteiger partial charge in [-0.2, -0.15) is 13.2 Å². The Balaban J connectivity index is 2.55. The lowest BCUT2D eigenvalue weighted by Gasteiger charge is -2.23. The number of benzene rings is 1. The summed E-state index contributed by atoms with van der Waals surface area (Å²) in [7, 11) is 1.54. The largest absolute Gasteiger partial charge is 0.497 e. The highest BCUT2D eigenvalue weighted by molar-refractivity contribution is 5.76. The number of aryl methyl sites for hydroxylation is 1. The van der Waals surface area contributed by atoms with Crippen molar-refractivity contribution in [3.8, 4) is 5.75 Å². The average Bonchev–Trinajstić information content (AvgIpc) is 2.43. The van der Waals surface area contributed by atoms with Crippen molar-refractivity contribution in [2.75, 3.05) is 26.7 Å². The first-order chi connectivity index (χ1) is 9.85. The molecule has 0 saturated carbocycles. The van der Waals surface area contributed by atoms with E-state index >= 15 is 0 Å². The molecular formula is C14H19F3N2O2. The van der Waals surface area contributed by atoms with Gasteiger partial charge >= 0.3 is 6.18 Å². The standard InChI is InChI=1S/C14H19F3N2O2/c1-21-12-5-2-11(3-6-12)4-7-13(20)19(9-8-18)10-14(15,16)17/h2-3,5-6H,4,7-10,18H2,1H3. The van der Waals surface area contributed by atoms with Gasteiger partial charge in [0.1, 0.15) is 12.3 Å². The van der Waals surface area contributed by atoms with Gasteiger partial charge in [0, 0.05) is 19.5 Å². The van der Waals surface area contributed by atoms with E-state index < -0.39 is 18.6 Å². The zero-order valence-electron chi connectivity index (χ0n) is 11.8. The number of rotatable bonds is 7. The summed E-state index contributed by atoms with van der Waals surface area (Å²) in [5.74, 6) is 0.139. The molecule has 7 heteroatoms. The van der Waals surface area contributed by atoms with E-state index in [4.69, 9.17) is 10.5 Å². The van der Waals surface area contributed by atoms with E-state index in [-0.39, 0.29) is 19.5 Å². The predicted molar refractivity (Wildman–Crippen MR) is 73.0 cm³/mol. The molecule has 0 unspecified atom stereocenters.